The summed E-state index contributed by atoms with van der Waals surface area (Å²) in [6.07, 6.45) is -7.74. The number of rotatable bonds is 9. The summed E-state index contributed by atoms with van der Waals surface area (Å²) in [7, 11) is 1.61. The molecule has 4 heterocycles. The molecule has 0 spiro atoms. The van der Waals surface area contributed by atoms with E-state index in [9.17, 15) is 25.2 Å². The summed E-state index contributed by atoms with van der Waals surface area (Å²) in [4.78, 5) is 16.5. The maximum absolute atomic E-state index is 11.7. The minimum absolute atomic E-state index is 0.324. The predicted molar refractivity (Wildman–Crippen MR) is 142 cm³/mol. The maximum Gasteiger partial charge on any atom is 0.335 e. The van der Waals surface area contributed by atoms with Crippen LogP contribution in [0.15, 0.2) is 42.6 Å². The van der Waals surface area contributed by atoms with Crippen molar-refractivity contribution in [2.24, 2.45) is 0 Å². The van der Waals surface area contributed by atoms with Gasteiger partial charge in [-0.2, -0.15) is 0 Å². The Hall–Kier alpha value is -3.10. The highest BCUT2D eigenvalue weighted by molar-refractivity contribution is 5.75. The van der Waals surface area contributed by atoms with Gasteiger partial charge in [0.2, 0.25) is 0 Å². The van der Waals surface area contributed by atoms with Crippen LogP contribution in [-0.2, 0) is 23.7 Å². The molecule has 5 N–H and O–H groups in total. The smallest absolute Gasteiger partial charge is 0.335 e. The molecule has 0 radical (unpaired) electrons. The largest absolute Gasteiger partial charge is 0.479 e. The number of ether oxygens (including phenoxy) is 4. The number of fused-ring (bicyclic) bond motifs is 3. The Morgan fingerprint density at radius 2 is 1.82 bits per heavy atom. The Morgan fingerprint density at radius 3 is 2.52 bits per heavy atom. The zero-order valence-corrected chi connectivity index (χ0v) is 22.5. The van der Waals surface area contributed by atoms with E-state index in [4.69, 9.17) is 23.9 Å². The molecule has 5 rings (SSSR count). The molecule has 0 saturated carbocycles. The van der Waals surface area contributed by atoms with Gasteiger partial charge in [-0.3, -0.25) is 0 Å². The Balaban J connectivity index is 1.59. The fourth-order valence-electron chi connectivity index (χ4n) is 5.33. The van der Waals surface area contributed by atoms with Gasteiger partial charge in [0, 0.05) is 37.8 Å². The molecule has 0 bridgehead atoms. The molecular formula is C28H35N3O9. The number of hydrogen-bond donors (Lipinski definition) is 5. The number of aromatic nitrogens is 2. The van der Waals surface area contributed by atoms with Gasteiger partial charge in [0.05, 0.1) is 17.4 Å². The highest BCUT2D eigenvalue weighted by atomic mass is 16.7. The molecule has 40 heavy (non-hydrogen) atoms. The Bertz CT molecular complexity index is 1330. The van der Waals surface area contributed by atoms with E-state index >= 15 is 0 Å². The number of anilines is 1. The lowest BCUT2D eigenvalue weighted by atomic mass is 9.88. The maximum atomic E-state index is 11.7. The van der Waals surface area contributed by atoms with Gasteiger partial charge in [-0.15, -0.1) is 0 Å². The summed E-state index contributed by atoms with van der Waals surface area (Å²) in [6, 6.07) is 10.9. The topological polar surface area (TPSA) is 164 Å². The number of aliphatic hydroxyl groups excluding tert-OH is 3. The number of aryl methyl sites for hydroxylation is 2. The molecule has 3 aromatic rings. The zero-order valence-electron chi connectivity index (χ0n) is 22.5. The lowest BCUT2D eigenvalue weighted by Crippen LogP contribution is -2.61. The number of benzene rings is 1. The van der Waals surface area contributed by atoms with E-state index < -0.39 is 54.9 Å². The van der Waals surface area contributed by atoms with Gasteiger partial charge in [-0.25, -0.2) is 9.78 Å². The fourth-order valence-corrected chi connectivity index (χ4v) is 5.33. The summed E-state index contributed by atoms with van der Waals surface area (Å²) >= 11 is 0. The van der Waals surface area contributed by atoms with Crippen LogP contribution in [0, 0.1) is 13.8 Å². The first-order valence-corrected chi connectivity index (χ1v) is 13.2. The predicted octanol–water partition coefficient (Wildman–Crippen LogP) is 1.49. The Morgan fingerprint density at radius 1 is 1.07 bits per heavy atom. The zero-order chi connectivity index (χ0) is 28.6. The lowest BCUT2D eigenvalue weighted by molar-refractivity contribution is -0.314. The number of hydrogen-bond acceptors (Lipinski definition) is 10. The van der Waals surface area contributed by atoms with E-state index in [0.717, 1.165) is 33.8 Å². The minimum Gasteiger partial charge on any atom is -0.479 e. The molecule has 0 aliphatic carbocycles. The summed E-state index contributed by atoms with van der Waals surface area (Å²) < 4.78 is 25.4. The van der Waals surface area contributed by atoms with Crippen LogP contribution in [0.1, 0.15) is 41.1 Å². The molecule has 12 nitrogen and oxygen atoms in total. The van der Waals surface area contributed by atoms with Gasteiger partial charge in [-0.05, 0) is 31.9 Å². The van der Waals surface area contributed by atoms with Crippen LogP contribution < -0.4 is 5.32 Å². The Labute approximate surface area is 231 Å². The van der Waals surface area contributed by atoms with E-state index in [0.29, 0.717) is 19.6 Å². The van der Waals surface area contributed by atoms with Crippen molar-refractivity contribution in [1.29, 1.82) is 0 Å². The van der Waals surface area contributed by atoms with Crippen molar-refractivity contribution in [2.45, 2.75) is 69.2 Å². The van der Waals surface area contributed by atoms with Crippen molar-refractivity contribution in [1.82, 2.24) is 9.38 Å². The third kappa shape index (κ3) is 5.19. The van der Waals surface area contributed by atoms with Crippen molar-refractivity contribution in [2.75, 3.05) is 25.6 Å². The molecule has 2 aromatic heterocycles. The number of aliphatic hydroxyl groups is 3. The second-order valence-electron chi connectivity index (χ2n) is 10.1. The number of carbonyl (C=O) groups is 1. The van der Waals surface area contributed by atoms with Gasteiger partial charge < -0.3 is 49.1 Å². The fraction of sp³-hybridized carbons (Fsp3) is 0.500. The van der Waals surface area contributed by atoms with Crippen molar-refractivity contribution in [3.63, 3.8) is 0 Å². The van der Waals surface area contributed by atoms with Crippen molar-refractivity contribution in [3.8, 4) is 0 Å². The molecule has 1 saturated heterocycles. The standard InChI is InChI=1S/C28H35N3O9/c1-14-15(2)31-11-10-17-19(26(31)29-14)30-18(16-8-5-4-6-9-16)24(23(17)38-13-7-12-37-3)39-28-22(34)20(32)21(33)25(40-28)27(35)36/h4-6,8-11,18,20-25,28,30,32-34H,7,12-13H2,1-3H3,(H,35,36)/t18-,20+,21+,22-,23-,24-,25+,28-/m1/s1. The van der Waals surface area contributed by atoms with Crippen LogP contribution in [0.3, 0.4) is 0 Å². The van der Waals surface area contributed by atoms with Crippen LogP contribution in [0.25, 0.3) is 5.65 Å². The van der Waals surface area contributed by atoms with Crippen molar-refractivity contribution >= 4 is 17.3 Å². The summed E-state index contributed by atoms with van der Waals surface area (Å²) in [6.45, 7) is 4.74. The number of carboxylic acid groups (broad SMARTS) is 1. The number of carboxylic acids is 1. The van der Waals surface area contributed by atoms with Gasteiger partial charge in [0.25, 0.3) is 0 Å². The second kappa shape index (κ2) is 11.8. The van der Waals surface area contributed by atoms with E-state index in [1.165, 1.54) is 0 Å². The molecule has 1 aromatic carbocycles. The average molecular weight is 558 g/mol. The average Bonchev–Trinajstić information content (AvgIpc) is 3.25. The molecule has 216 valence electrons. The normalized spacial score (nSPS) is 30.1. The first kappa shape index (κ1) is 28.4. The third-order valence-electron chi connectivity index (χ3n) is 7.59. The van der Waals surface area contributed by atoms with Crippen LogP contribution in [0.5, 0.6) is 0 Å². The quantitative estimate of drug-likeness (QED) is 0.242. The number of nitrogens with one attached hydrogen (secondary N) is 1. The van der Waals surface area contributed by atoms with E-state index in [2.05, 4.69) is 5.32 Å². The summed E-state index contributed by atoms with van der Waals surface area (Å²) in [5, 5.41) is 44.5. The summed E-state index contributed by atoms with van der Waals surface area (Å²) in [5.41, 5.74) is 4.95. The number of aliphatic carboxylic acids is 1. The van der Waals surface area contributed by atoms with Crippen LogP contribution in [-0.4, -0.2) is 92.9 Å². The van der Waals surface area contributed by atoms with E-state index in [1.54, 1.807) is 7.11 Å². The molecule has 0 amide bonds. The third-order valence-corrected chi connectivity index (χ3v) is 7.59. The SMILES string of the molecule is COCCCO[C@@H]1c2ccn3c(C)c(C)nc3c2N[C@H](c2ccccc2)[C@H]1O[C@@H]1O[C@H](C(=O)O)[C@@H](O)[C@H](O)[C@H]1O. The van der Waals surface area contributed by atoms with Crippen LogP contribution in [0.4, 0.5) is 5.69 Å². The first-order valence-electron chi connectivity index (χ1n) is 13.2. The lowest BCUT2D eigenvalue weighted by Gasteiger charge is -2.45. The number of nitrogens with zero attached hydrogens (tertiary/aromatic N) is 2. The highest BCUT2D eigenvalue weighted by Crippen LogP contribution is 2.45. The highest BCUT2D eigenvalue weighted by Gasteiger charge is 2.50. The number of pyridine rings is 1. The van der Waals surface area contributed by atoms with Gasteiger partial charge in [0.15, 0.2) is 18.0 Å². The van der Waals surface area contributed by atoms with Gasteiger partial charge >= 0.3 is 5.97 Å². The van der Waals surface area contributed by atoms with Crippen LogP contribution >= 0.6 is 0 Å². The number of imidazole rings is 1. The molecule has 2 aliphatic rings. The molecular weight excluding hydrogens is 522 g/mol. The molecule has 12 heteroatoms. The number of methoxy groups -OCH3 is 1. The van der Waals surface area contributed by atoms with Gasteiger partial charge in [-0.1, -0.05) is 30.3 Å². The minimum atomic E-state index is -1.83. The van der Waals surface area contributed by atoms with Gasteiger partial charge in [0.1, 0.15) is 30.5 Å². The molecule has 8 atom stereocenters. The van der Waals surface area contributed by atoms with E-state index in [-0.39, 0.29) is 0 Å². The molecule has 1 fully saturated rings. The van der Waals surface area contributed by atoms with Crippen LogP contribution in [0.2, 0.25) is 0 Å². The van der Waals surface area contributed by atoms with Crippen molar-refractivity contribution < 1.29 is 44.2 Å². The van der Waals surface area contributed by atoms with E-state index in [1.807, 2.05) is 60.8 Å². The molecule has 2 aliphatic heterocycles. The van der Waals surface area contributed by atoms with Crippen molar-refractivity contribution in [3.05, 3.63) is 65.1 Å². The Kier molecular flexibility index (Phi) is 8.38. The second-order valence-corrected chi connectivity index (χ2v) is 10.1. The monoisotopic (exact) mass is 557 g/mol. The summed E-state index contributed by atoms with van der Waals surface area (Å²) in [5.74, 6) is -1.49. The first-order chi connectivity index (χ1) is 19.2. The molecule has 0 unspecified atom stereocenters.